The number of hydrogen-bond donors (Lipinski definition) is 0. The molecular formula is C20H23FN4. The van der Waals surface area contributed by atoms with Crippen LogP contribution in [0.25, 0.3) is 22.4 Å². The highest BCUT2D eigenvalue weighted by Crippen LogP contribution is 2.30. The first-order valence-electron chi connectivity index (χ1n) is 8.67. The zero-order chi connectivity index (χ0) is 17.6. The minimum atomic E-state index is -0.241. The molecular weight excluding hydrogens is 315 g/mol. The molecule has 0 aliphatic heterocycles. The van der Waals surface area contributed by atoms with E-state index in [-0.39, 0.29) is 5.82 Å². The lowest BCUT2D eigenvalue weighted by molar-refractivity contribution is 0.285. The number of rotatable bonds is 7. The van der Waals surface area contributed by atoms with Crippen molar-refractivity contribution in [2.24, 2.45) is 0 Å². The molecule has 0 bridgehead atoms. The lowest BCUT2D eigenvalue weighted by atomic mass is 10.0. The quantitative estimate of drug-likeness (QED) is 0.650. The fourth-order valence-electron chi connectivity index (χ4n) is 2.88. The lowest BCUT2D eigenvalue weighted by Gasteiger charge is -2.17. The molecule has 0 atom stereocenters. The second-order valence-electron chi connectivity index (χ2n) is 5.92. The molecule has 5 heteroatoms. The summed E-state index contributed by atoms with van der Waals surface area (Å²) < 4.78 is 15.3. The van der Waals surface area contributed by atoms with Crippen LogP contribution in [0.2, 0.25) is 0 Å². The van der Waals surface area contributed by atoms with Crippen LogP contribution in [0.5, 0.6) is 0 Å². The van der Waals surface area contributed by atoms with E-state index < -0.39 is 0 Å². The van der Waals surface area contributed by atoms with Gasteiger partial charge in [0.2, 0.25) is 0 Å². The molecule has 25 heavy (non-hydrogen) atoms. The van der Waals surface area contributed by atoms with Gasteiger partial charge >= 0.3 is 0 Å². The van der Waals surface area contributed by atoms with Gasteiger partial charge in [0.15, 0.2) is 0 Å². The van der Waals surface area contributed by atoms with Crippen molar-refractivity contribution in [3.05, 3.63) is 60.8 Å². The van der Waals surface area contributed by atoms with Crippen LogP contribution in [0, 0.1) is 5.82 Å². The molecule has 130 valence electrons. The van der Waals surface area contributed by atoms with Crippen molar-refractivity contribution in [2.45, 2.75) is 20.4 Å². The highest BCUT2D eigenvalue weighted by Gasteiger charge is 2.13. The minimum absolute atomic E-state index is 0.241. The standard InChI is InChI=1S/C20H23FN4/c1-3-24(4-2)13-14-25-15-19(16-9-11-22-12-10-16)20(23-25)17-5-7-18(21)8-6-17/h5-12,15H,3-4,13-14H2,1-2H3. The summed E-state index contributed by atoms with van der Waals surface area (Å²) in [5, 5.41) is 4.77. The van der Waals surface area contributed by atoms with Gasteiger partial charge in [-0.1, -0.05) is 13.8 Å². The maximum atomic E-state index is 13.3. The Morgan fingerprint density at radius 1 is 0.960 bits per heavy atom. The Hall–Kier alpha value is -2.53. The Kier molecular flexibility index (Phi) is 5.56. The predicted octanol–water partition coefficient (Wildman–Crippen LogP) is 4.09. The Morgan fingerprint density at radius 3 is 2.28 bits per heavy atom. The van der Waals surface area contributed by atoms with Crippen LogP contribution < -0.4 is 0 Å². The molecule has 3 aromatic rings. The summed E-state index contributed by atoms with van der Waals surface area (Å²) in [6.45, 7) is 8.16. The summed E-state index contributed by atoms with van der Waals surface area (Å²) in [7, 11) is 0. The third kappa shape index (κ3) is 4.12. The van der Waals surface area contributed by atoms with E-state index in [0.29, 0.717) is 0 Å². The predicted molar refractivity (Wildman–Crippen MR) is 98.6 cm³/mol. The number of likely N-dealkylation sites (N-methyl/N-ethyl adjacent to an activating group) is 1. The van der Waals surface area contributed by atoms with Gasteiger partial charge in [-0.05, 0) is 55.1 Å². The van der Waals surface area contributed by atoms with Gasteiger partial charge in [-0.15, -0.1) is 0 Å². The van der Waals surface area contributed by atoms with Crippen LogP contribution in [0.15, 0.2) is 55.0 Å². The zero-order valence-corrected chi connectivity index (χ0v) is 14.7. The number of benzene rings is 1. The maximum Gasteiger partial charge on any atom is 0.123 e. The van der Waals surface area contributed by atoms with Gasteiger partial charge < -0.3 is 4.90 Å². The van der Waals surface area contributed by atoms with Gasteiger partial charge in [0.05, 0.1) is 6.54 Å². The molecule has 2 heterocycles. The van der Waals surface area contributed by atoms with Crippen molar-refractivity contribution in [1.29, 1.82) is 0 Å². The molecule has 0 saturated heterocycles. The highest BCUT2D eigenvalue weighted by molar-refractivity contribution is 5.80. The summed E-state index contributed by atoms with van der Waals surface area (Å²) in [6, 6.07) is 10.4. The highest BCUT2D eigenvalue weighted by atomic mass is 19.1. The Labute approximate surface area is 147 Å². The van der Waals surface area contributed by atoms with Crippen LogP contribution in [0.3, 0.4) is 0 Å². The molecule has 0 amide bonds. The second kappa shape index (κ2) is 8.03. The van der Waals surface area contributed by atoms with Crippen molar-refractivity contribution in [3.8, 4) is 22.4 Å². The second-order valence-corrected chi connectivity index (χ2v) is 5.92. The van der Waals surface area contributed by atoms with E-state index in [1.54, 1.807) is 24.5 Å². The smallest absolute Gasteiger partial charge is 0.123 e. The average Bonchev–Trinajstić information content (AvgIpc) is 3.08. The molecule has 4 nitrogen and oxygen atoms in total. The molecule has 0 N–H and O–H groups in total. The first kappa shape index (κ1) is 17.3. The number of hydrogen-bond acceptors (Lipinski definition) is 3. The van der Waals surface area contributed by atoms with E-state index in [9.17, 15) is 4.39 Å². The van der Waals surface area contributed by atoms with Gasteiger partial charge in [0.25, 0.3) is 0 Å². The number of nitrogens with zero attached hydrogens (tertiary/aromatic N) is 4. The number of pyridine rings is 1. The largest absolute Gasteiger partial charge is 0.302 e. The van der Waals surface area contributed by atoms with Crippen LogP contribution in [-0.4, -0.2) is 39.3 Å². The normalized spacial score (nSPS) is 11.2. The van der Waals surface area contributed by atoms with Crippen molar-refractivity contribution < 1.29 is 4.39 Å². The summed E-state index contributed by atoms with van der Waals surface area (Å²) in [5.41, 5.74) is 3.87. The van der Waals surface area contributed by atoms with Gasteiger partial charge in [-0.3, -0.25) is 9.67 Å². The average molecular weight is 338 g/mol. The van der Waals surface area contributed by atoms with E-state index in [1.807, 2.05) is 16.8 Å². The van der Waals surface area contributed by atoms with Crippen molar-refractivity contribution in [3.63, 3.8) is 0 Å². The molecule has 0 saturated carbocycles. The maximum absolute atomic E-state index is 13.3. The zero-order valence-electron chi connectivity index (χ0n) is 14.7. The lowest BCUT2D eigenvalue weighted by Crippen LogP contribution is -2.27. The number of halogens is 1. The molecule has 1 aromatic carbocycles. The molecule has 0 radical (unpaired) electrons. The van der Waals surface area contributed by atoms with Crippen LogP contribution in [0.4, 0.5) is 4.39 Å². The summed E-state index contributed by atoms with van der Waals surface area (Å²) in [6.07, 6.45) is 5.62. The third-order valence-electron chi connectivity index (χ3n) is 4.41. The van der Waals surface area contributed by atoms with E-state index in [1.165, 1.54) is 12.1 Å². The molecule has 0 unspecified atom stereocenters. The topological polar surface area (TPSA) is 34.0 Å². The molecule has 0 aliphatic rings. The Balaban J connectivity index is 1.95. The van der Waals surface area contributed by atoms with Crippen molar-refractivity contribution in [2.75, 3.05) is 19.6 Å². The van der Waals surface area contributed by atoms with E-state index in [2.05, 4.69) is 29.9 Å². The minimum Gasteiger partial charge on any atom is -0.302 e. The van der Waals surface area contributed by atoms with Gasteiger partial charge in [-0.25, -0.2) is 4.39 Å². The monoisotopic (exact) mass is 338 g/mol. The van der Waals surface area contributed by atoms with Crippen LogP contribution in [-0.2, 0) is 6.54 Å². The van der Waals surface area contributed by atoms with Gasteiger partial charge in [-0.2, -0.15) is 5.10 Å². The fraction of sp³-hybridized carbons (Fsp3) is 0.300. The van der Waals surface area contributed by atoms with Crippen LogP contribution in [0.1, 0.15) is 13.8 Å². The molecule has 3 rings (SSSR count). The van der Waals surface area contributed by atoms with Crippen LogP contribution >= 0.6 is 0 Å². The molecule has 2 aromatic heterocycles. The van der Waals surface area contributed by atoms with E-state index >= 15 is 0 Å². The summed E-state index contributed by atoms with van der Waals surface area (Å²) >= 11 is 0. The first-order valence-corrected chi connectivity index (χ1v) is 8.67. The Bertz CT molecular complexity index is 792. The first-order chi connectivity index (χ1) is 12.2. The van der Waals surface area contributed by atoms with E-state index in [4.69, 9.17) is 5.10 Å². The fourth-order valence-corrected chi connectivity index (χ4v) is 2.88. The molecule has 0 spiro atoms. The summed E-state index contributed by atoms with van der Waals surface area (Å²) in [4.78, 5) is 6.46. The summed E-state index contributed by atoms with van der Waals surface area (Å²) in [5.74, 6) is -0.241. The van der Waals surface area contributed by atoms with Crippen molar-refractivity contribution >= 4 is 0 Å². The van der Waals surface area contributed by atoms with Gasteiger partial charge in [0, 0.05) is 36.3 Å². The van der Waals surface area contributed by atoms with Crippen molar-refractivity contribution in [1.82, 2.24) is 19.7 Å². The van der Waals surface area contributed by atoms with E-state index in [0.717, 1.165) is 48.6 Å². The number of aromatic nitrogens is 3. The molecule has 0 aliphatic carbocycles. The SMILES string of the molecule is CCN(CC)CCn1cc(-c2ccncc2)c(-c2ccc(F)cc2)n1. The third-order valence-corrected chi connectivity index (χ3v) is 4.41. The Morgan fingerprint density at radius 2 is 1.64 bits per heavy atom. The molecule has 0 fully saturated rings. The van der Waals surface area contributed by atoms with Gasteiger partial charge in [0.1, 0.15) is 11.5 Å².